The summed E-state index contributed by atoms with van der Waals surface area (Å²) >= 11 is 18.2. The summed E-state index contributed by atoms with van der Waals surface area (Å²) in [6, 6.07) is 13.2. The van der Waals surface area contributed by atoms with Crippen LogP contribution in [0.3, 0.4) is 0 Å². The van der Waals surface area contributed by atoms with Gasteiger partial charge in [0.25, 0.3) is 11.5 Å². The van der Waals surface area contributed by atoms with Crippen molar-refractivity contribution in [2.75, 3.05) is 5.32 Å². The molecule has 0 saturated carbocycles. The zero-order valence-electron chi connectivity index (χ0n) is 17.4. The Morgan fingerprint density at radius 2 is 1.74 bits per heavy atom. The molecule has 3 heterocycles. The van der Waals surface area contributed by atoms with E-state index in [1.54, 1.807) is 43.3 Å². The molecule has 12 heteroatoms. The molecule has 0 aliphatic rings. The molecule has 0 unspecified atom stereocenters. The number of hydrogen-bond donors (Lipinski definition) is 2. The van der Waals surface area contributed by atoms with Crippen LogP contribution in [-0.4, -0.2) is 35.4 Å². The van der Waals surface area contributed by atoms with Gasteiger partial charge in [-0.2, -0.15) is 19.9 Å². The van der Waals surface area contributed by atoms with E-state index in [0.29, 0.717) is 32.5 Å². The fraction of sp³-hybridized carbons (Fsp3) is 0.0455. The zero-order valence-corrected chi connectivity index (χ0v) is 19.7. The lowest BCUT2D eigenvalue weighted by Crippen LogP contribution is -2.19. The Bertz CT molecular complexity index is 1620. The number of carbonyl (C=O) groups excluding carboxylic acids is 1. The highest BCUT2D eigenvalue weighted by Crippen LogP contribution is 2.23. The molecule has 0 atom stereocenters. The standard InChI is InChI=1S/C22H14Cl3N7O2/c1-11-8-18(27-20(33)15-9-13(24)4-7-17(15)25)32(30-11)22-28-19-16(21(34)29-22)10-26-31(19)14-5-2-12(23)3-6-14/h2-10H,1H3,(H,27,33)(H,28,29,34). The van der Waals surface area contributed by atoms with Crippen LogP contribution in [0.25, 0.3) is 22.7 Å². The molecule has 34 heavy (non-hydrogen) atoms. The van der Waals surface area contributed by atoms with E-state index in [0.717, 1.165) is 0 Å². The number of aryl methyl sites for hydroxylation is 1. The van der Waals surface area contributed by atoms with E-state index >= 15 is 0 Å². The Labute approximate surface area is 206 Å². The Kier molecular flexibility index (Phi) is 5.60. The summed E-state index contributed by atoms with van der Waals surface area (Å²) in [5.41, 5.74) is 1.34. The van der Waals surface area contributed by atoms with Crippen LogP contribution >= 0.6 is 34.8 Å². The lowest BCUT2D eigenvalue weighted by molar-refractivity contribution is 0.102. The quantitative estimate of drug-likeness (QED) is 0.357. The topological polar surface area (TPSA) is 110 Å². The van der Waals surface area contributed by atoms with E-state index in [4.69, 9.17) is 34.8 Å². The van der Waals surface area contributed by atoms with Crippen molar-refractivity contribution in [2.45, 2.75) is 6.92 Å². The lowest BCUT2D eigenvalue weighted by atomic mass is 10.2. The predicted octanol–water partition coefficient (Wildman–Crippen LogP) is 4.82. The number of anilines is 1. The number of halogens is 3. The third kappa shape index (κ3) is 4.05. The molecule has 0 spiro atoms. The molecule has 170 valence electrons. The molecule has 0 fully saturated rings. The highest BCUT2D eigenvalue weighted by atomic mass is 35.5. The first-order chi connectivity index (χ1) is 16.3. The maximum Gasteiger partial charge on any atom is 0.263 e. The fourth-order valence-electron chi connectivity index (χ4n) is 3.38. The number of hydrogen-bond acceptors (Lipinski definition) is 5. The average Bonchev–Trinajstić information content (AvgIpc) is 3.39. The second-order valence-electron chi connectivity index (χ2n) is 7.32. The number of aromatic amines is 1. The van der Waals surface area contributed by atoms with Gasteiger partial charge in [-0.25, -0.2) is 4.68 Å². The number of nitrogens with zero attached hydrogens (tertiary/aromatic N) is 5. The second kappa shape index (κ2) is 8.60. The van der Waals surface area contributed by atoms with Crippen molar-refractivity contribution in [1.82, 2.24) is 29.5 Å². The van der Waals surface area contributed by atoms with E-state index in [-0.39, 0.29) is 22.4 Å². The number of fused-ring (bicyclic) bond motifs is 1. The van der Waals surface area contributed by atoms with Gasteiger partial charge in [0.1, 0.15) is 11.2 Å². The summed E-state index contributed by atoms with van der Waals surface area (Å²) in [4.78, 5) is 32.9. The number of rotatable bonds is 4. The van der Waals surface area contributed by atoms with Gasteiger partial charge in [-0.3, -0.25) is 14.6 Å². The van der Waals surface area contributed by atoms with E-state index in [2.05, 4.69) is 25.5 Å². The minimum Gasteiger partial charge on any atom is -0.306 e. The van der Waals surface area contributed by atoms with Crippen LogP contribution in [-0.2, 0) is 0 Å². The van der Waals surface area contributed by atoms with Crippen LogP contribution in [0.2, 0.25) is 15.1 Å². The monoisotopic (exact) mass is 513 g/mol. The summed E-state index contributed by atoms with van der Waals surface area (Å²) in [6.45, 7) is 1.74. The minimum atomic E-state index is -0.497. The molecule has 0 radical (unpaired) electrons. The fourth-order valence-corrected chi connectivity index (χ4v) is 3.89. The number of benzene rings is 2. The summed E-state index contributed by atoms with van der Waals surface area (Å²) in [5.74, 6) is -0.129. The molecule has 0 aliphatic carbocycles. The van der Waals surface area contributed by atoms with Crippen molar-refractivity contribution in [1.29, 1.82) is 0 Å². The number of H-pyrrole nitrogens is 1. The first-order valence-electron chi connectivity index (χ1n) is 9.87. The van der Waals surface area contributed by atoms with Crippen molar-refractivity contribution in [2.24, 2.45) is 0 Å². The van der Waals surface area contributed by atoms with Gasteiger partial charge in [0.15, 0.2) is 5.65 Å². The van der Waals surface area contributed by atoms with Crippen molar-refractivity contribution < 1.29 is 4.79 Å². The van der Waals surface area contributed by atoms with Gasteiger partial charge in [0.2, 0.25) is 5.95 Å². The summed E-state index contributed by atoms with van der Waals surface area (Å²) in [7, 11) is 0. The minimum absolute atomic E-state index is 0.0915. The number of amides is 1. The van der Waals surface area contributed by atoms with Gasteiger partial charge in [-0.05, 0) is 49.4 Å². The molecule has 0 aliphatic heterocycles. The SMILES string of the molecule is Cc1cc(NC(=O)c2cc(Cl)ccc2Cl)n(-c2nc3c(cnn3-c3ccc(Cl)cc3)c(=O)[nH]2)n1. The molecule has 0 bridgehead atoms. The zero-order chi connectivity index (χ0) is 24.0. The molecule has 5 rings (SSSR count). The van der Waals surface area contributed by atoms with E-state index in [9.17, 15) is 9.59 Å². The van der Waals surface area contributed by atoms with Crippen molar-refractivity contribution in [3.05, 3.63) is 91.4 Å². The summed E-state index contributed by atoms with van der Waals surface area (Å²) in [6.07, 6.45) is 1.43. The average molecular weight is 515 g/mol. The highest BCUT2D eigenvalue weighted by Gasteiger charge is 2.18. The van der Waals surface area contributed by atoms with Crippen LogP contribution in [0, 0.1) is 6.92 Å². The van der Waals surface area contributed by atoms with Gasteiger partial charge >= 0.3 is 0 Å². The van der Waals surface area contributed by atoms with Crippen LogP contribution in [0.15, 0.2) is 59.5 Å². The smallest absolute Gasteiger partial charge is 0.263 e. The first-order valence-corrected chi connectivity index (χ1v) is 11.0. The Morgan fingerprint density at radius 1 is 1.00 bits per heavy atom. The second-order valence-corrected chi connectivity index (χ2v) is 8.60. The molecule has 2 aromatic carbocycles. The van der Waals surface area contributed by atoms with Crippen LogP contribution in [0.5, 0.6) is 0 Å². The molecular weight excluding hydrogens is 501 g/mol. The Morgan fingerprint density at radius 3 is 2.50 bits per heavy atom. The molecular formula is C22H14Cl3N7O2. The maximum absolute atomic E-state index is 12.9. The van der Waals surface area contributed by atoms with Gasteiger partial charge in [0, 0.05) is 16.1 Å². The maximum atomic E-state index is 12.9. The first kappa shape index (κ1) is 22.1. The third-order valence-corrected chi connectivity index (χ3v) is 5.76. The van der Waals surface area contributed by atoms with E-state index < -0.39 is 11.5 Å². The highest BCUT2D eigenvalue weighted by molar-refractivity contribution is 6.36. The van der Waals surface area contributed by atoms with Crippen LogP contribution in [0.4, 0.5) is 5.82 Å². The van der Waals surface area contributed by atoms with Crippen LogP contribution in [0.1, 0.15) is 16.1 Å². The lowest BCUT2D eigenvalue weighted by Gasteiger charge is -2.10. The van der Waals surface area contributed by atoms with Gasteiger partial charge in [-0.15, -0.1) is 0 Å². The Hall–Kier alpha value is -3.66. The molecule has 0 saturated heterocycles. The number of nitrogens with one attached hydrogen (secondary N) is 2. The molecule has 9 nitrogen and oxygen atoms in total. The number of carbonyl (C=O) groups is 1. The molecule has 5 aromatic rings. The third-order valence-electron chi connectivity index (χ3n) is 4.94. The largest absolute Gasteiger partial charge is 0.306 e. The number of aromatic nitrogens is 6. The predicted molar refractivity (Wildman–Crippen MR) is 131 cm³/mol. The molecule has 3 aromatic heterocycles. The van der Waals surface area contributed by atoms with Crippen molar-refractivity contribution >= 4 is 57.6 Å². The van der Waals surface area contributed by atoms with Gasteiger partial charge in [-0.1, -0.05) is 34.8 Å². The van der Waals surface area contributed by atoms with Crippen molar-refractivity contribution in [3.63, 3.8) is 0 Å². The van der Waals surface area contributed by atoms with Crippen molar-refractivity contribution in [3.8, 4) is 11.6 Å². The normalized spacial score (nSPS) is 11.2. The van der Waals surface area contributed by atoms with E-state index in [1.165, 1.54) is 27.7 Å². The molecule has 2 N–H and O–H groups in total. The van der Waals surface area contributed by atoms with E-state index in [1.807, 2.05) is 0 Å². The summed E-state index contributed by atoms with van der Waals surface area (Å²) < 4.78 is 2.84. The molecule has 1 amide bonds. The Balaban J connectivity index is 1.59. The van der Waals surface area contributed by atoms with Crippen LogP contribution < -0.4 is 10.9 Å². The van der Waals surface area contributed by atoms with Gasteiger partial charge < -0.3 is 5.32 Å². The summed E-state index contributed by atoms with van der Waals surface area (Å²) in [5, 5.41) is 12.9. The van der Waals surface area contributed by atoms with Gasteiger partial charge in [0.05, 0.1) is 28.2 Å².